The highest BCUT2D eigenvalue weighted by Gasteiger charge is 2.34. The van der Waals surface area contributed by atoms with Crippen LogP contribution in [0.4, 0.5) is 16.3 Å². The number of ether oxygens (including phenoxy) is 2. The second kappa shape index (κ2) is 10.2. The van der Waals surface area contributed by atoms with E-state index in [2.05, 4.69) is 31.0 Å². The van der Waals surface area contributed by atoms with Gasteiger partial charge in [-0.05, 0) is 45.0 Å². The number of methoxy groups -OCH3 is 1. The zero-order valence-electron chi connectivity index (χ0n) is 20.8. The Hall–Kier alpha value is -3.97. The van der Waals surface area contributed by atoms with Gasteiger partial charge in [-0.15, -0.1) is 0 Å². The van der Waals surface area contributed by atoms with Gasteiger partial charge in [0.25, 0.3) is 11.5 Å². The Bertz CT molecular complexity index is 1380. The van der Waals surface area contributed by atoms with Crippen molar-refractivity contribution >= 4 is 34.5 Å². The Labute approximate surface area is 212 Å². The van der Waals surface area contributed by atoms with E-state index in [1.807, 2.05) is 7.05 Å². The van der Waals surface area contributed by atoms with E-state index in [9.17, 15) is 14.4 Å². The lowest BCUT2D eigenvalue weighted by Crippen LogP contribution is -2.51. The molecule has 4 heterocycles. The normalized spacial score (nSPS) is 21.4. The third-order valence-electron chi connectivity index (χ3n) is 6.84. The van der Waals surface area contributed by atoms with Crippen LogP contribution < -0.4 is 26.2 Å². The highest BCUT2D eigenvalue weighted by molar-refractivity contribution is 6.04. The van der Waals surface area contributed by atoms with Gasteiger partial charge in [-0.25, -0.2) is 9.78 Å². The van der Waals surface area contributed by atoms with Gasteiger partial charge in [0.05, 0.1) is 18.2 Å². The molecule has 1 aliphatic heterocycles. The van der Waals surface area contributed by atoms with Crippen LogP contribution in [0.25, 0.3) is 11.0 Å². The molecule has 5 rings (SSSR count). The molecule has 2 fully saturated rings. The van der Waals surface area contributed by atoms with E-state index in [0.717, 1.165) is 32.4 Å². The number of hydrogen-bond donors (Lipinski definition) is 3. The van der Waals surface area contributed by atoms with Crippen LogP contribution in [0, 0.1) is 0 Å². The average Bonchev–Trinajstić information content (AvgIpc) is 3.49. The number of fused-ring (bicyclic) bond motifs is 1. The fourth-order valence-corrected chi connectivity index (χ4v) is 4.66. The molecule has 196 valence electrons. The van der Waals surface area contributed by atoms with Gasteiger partial charge in [-0.2, -0.15) is 0 Å². The van der Waals surface area contributed by atoms with Crippen molar-refractivity contribution in [1.29, 1.82) is 0 Å². The molecule has 13 nitrogen and oxygen atoms in total. The van der Waals surface area contributed by atoms with Crippen molar-refractivity contribution in [2.24, 2.45) is 0 Å². The molecule has 1 unspecified atom stereocenters. The predicted molar refractivity (Wildman–Crippen MR) is 133 cm³/mol. The second-order valence-corrected chi connectivity index (χ2v) is 9.25. The summed E-state index contributed by atoms with van der Waals surface area (Å²) in [5.41, 5.74) is 0.256. The minimum absolute atomic E-state index is 0.0155. The maximum absolute atomic E-state index is 13.2. The molecular weight excluding hydrogens is 482 g/mol. The molecule has 2 amide bonds. The summed E-state index contributed by atoms with van der Waals surface area (Å²) in [5.74, 6) is -0.457. The molecule has 0 aromatic carbocycles. The number of likely N-dealkylation sites (N-methyl/N-ethyl adjacent to an activating group) is 1. The molecular formula is C24H29N7O6. The van der Waals surface area contributed by atoms with Gasteiger partial charge in [0, 0.05) is 33.0 Å². The quantitative estimate of drug-likeness (QED) is 0.427. The Kier molecular flexibility index (Phi) is 6.80. The van der Waals surface area contributed by atoms with Gasteiger partial charge >= 0.3 is 6.09 Å². The van der Waals surface area contributed by atoms with Crippen molar-refractivity contribution in [2.45, 2.75) is 37.5 Å². The van der Waals surface area contributed by atoms with Crippen molar-refractivity contribution in [3.8, 4) is 5.75 Å². The monoisotopic (exact) mass is 511 g/mol. The SMILES string of the molecule is CNC(=O)Oc1cc(Nc2cccn(C3CCN(C)C3)c2=O)nc2c(C(=O)N[C@@H]3CC[C@H]3OC)onc12. The second-order valence-electron chi connectivity index (χ2n) is 9.25. The van der Waals surface area contributed by atoms with Crippen LogP contribution >= 0.6 is 0 Å². The Morgan fingerprint density at radius 2 is 2.05 bits per heavy atom. The van der Waals surface area contributed by atoms with Crippen molar-refractivity contribution in [2.75, 3.05) is 39.6 Å². The first-order valence-corrected chi connectivity index (χ1v) is 12.1. The van der Waals surface area contributed by atoms with Gasteiger partial charge in [0.1, 0.15) is 17.0 Å². The predicted octanol–water partition coefficient (Wildman–Crippen LogP) is 1.63. The summed E-state index contributed by atoms with van der Waals surface area (Å²) in [6, 6.07) is 4.77. The minimum atomic E-state index is -0.739. The molecule has 13 heteroatoms. The lowest BCUT2D eigenvalue weighted by Gasteiger charge is -2.35. The van der Waals surface area contributed by atoms with E-state index < -0.39 is 12.0 Å². The van der Waals surface area contributed by atoms with Crippen molar-refractivity contribution in [1.82, 2.24) is 30.2 Å². The molecule has 3 aromatic heterocycles. The molecule has 3 atom stereocenters. The smallest absolute Gasteiger partial charge is 0.408 e. The number of nitrogens with zero attached hydrogens (tertiary/aromatic N) is 4. The zero-order chi connectivity index (χ0) is 26.1. The summed E-state index contributed by atoms with van der Waals surface area (Å²) in [5, 5.41) is 12.2. The number of pyridine rings is 2. The van der Waals surface area contributed by atoms with Gasteiger partial charge in [-0.1, -0.05) is 5.16 Å². The Morgan fingerprint density at radius 3 is 2.73 bits per heavy atom. The molecule has 0 radical (unpaired) electrons. The fourth-order valence-electron chi connectivity index (χ4n) is 4.66. The van der Waals surface area contributed by atoms with E-state index in [0.29, 0.717) is 0 Å². The van der Waals surface area contributed by atoms with Crippen molar-refractivity contribution < 1.29 is 23.6 Å². The van der Waals surface area contributed by atoms with Crippen molar-refractivity contribution in [3.63, 3.8) is 0 Å². The number of nitrogens with one attached hydrogen (secondary N) is 3. The Morgan fingerprint density at radius 1 is 1.22 bits per heavy atom. The van der Waals surface area contributed by atoms with Gasteiger partial charge in [0.2, 0.25) is 5.76 Å². The van der Waals surface area contributed by atoms with E-state index in [-0.39, 0.29) is 57.8 Å². The third-order valence-corrected chi connectivity index (χ3v) is 6.84. The highest BCUT2D eigenvalue weighted by Crippen LogP contribution is 2.31. The summed E-state index contributed by atoms with van der Waals surface area (Å²) >= 11 is 0. The lowest BCUT2D eigenvalue weighted by atomic mass is 9.89. The molecule has 37 heavy (non-hydrogen) atoms. The van der Waals surface area contributed by atoms with Gasteiger partial charge in [0.15, 0.2) is 11.3 Å². The summed E-state index contributed by atoms with van der Waals surface area (Å²) in [7, 11) is 5.03. The molecule has 1 aliphatic carbocycles. The summed E-state index contributed by atoms with van der Waals surface area (Å²) < 4.78 is 17.7. The number of likely N-dealkylation sites (tertiary alicyclic amines) is 1. The van der Waals surface area contributed by atoms with Crippen LogP contribution in [0.1, 0.15) is 35.9 Å². The van der Waals surface area contributed by atoms with Crippen LogP contribution in [-0.4, -0.2) is 78.0 Å². The topological polar surface area (TPSA) is 153 Å². The number of carbonyl (C=O) groups is 2. The first-order chi connectivity index (χ1) is 17.9. The van der Waals surface area contributed by atoms with Gasteiger partial charge in [-0.3, -0.25) is 9.59 Å². The van der Waals surface area contributed by atoms with E-state index in [1.54, 1.807) is 30.0 Å². The highest BCUT2D eigenvalue weighted by atomic mass is 16.6. The summed E-state index contributed by atoms with van der Waals surface area (Å²) in [6.45, 7) is 1.69. The van der Waals surface area contributed by atoms with E-state index >= 15 is 0 Å². The summed E-state index contributed by atoms with van der Waals surface area (Å²) in [4.78, 5) is 44.9. The maximum Gasteiger partial charge on any atom is 0.412 e. The average molecular weight is 512 g/mol. The molecule has 3 aromatic rings. The van der Waals surface area contributed by atoms with Crippen LogP contribution in [-0.2, 0) is 4.74 Å². The molecule has 3 N–H and O–H groups in total. The van der Waals surface area contributed by atoms with E-state index in [1.165, 1.54) is 13.1 Å². The Balaban J connectivity index is 1.49. The molecule has 1 saturated carbocycles. The summed E-state index contributed by atoms with van der Waals surface area (Å²) in [6.07, 6.45) is 3.45. The van der Waals surface area contributed by atoms with Gasteiger partial charge < -0.3 is 39.4 Å². The van der Waals surface area contributed by atoms with Crippen LogP contribution in [0.3, 0.4) is 0 Å². The number of anilines is 2. The number of carbonyl (C=O) groups excluding carboxylic acids is 2. The standard InChI is InChI=1S/C24H29N7O6/c1-25-24(34)36-17-11-18(26-15-5-4-9-31(23(15)33)13-8-10-30(2)12-13)28-20-19(17)29-37-21(20)22(32)27-14-6-7-16(14)35-3/h4-5,9,11,13-14,16H,6-8,10,12H2,1-3H3,(H,25,34)(H,26,28)(H,27,32)/t13?,14-,16-/m1/s1. The van der Waals surface area contributed by atoms with Crippen LogP contribution in [0.2, 0.25) is 0 Å². The largest absolute Gasteiger partial charge is 0.412 e. The van der Waals surface area contributed by atoms with Crippen LogP contribution in [0.5, 0.6) is 5.75 Å². The van der Waals surface area contributed by atoms with E-state index in [4.69, 9.17) is 14.0 Å². The zero-order valence-corrected chi connectivity index (χ0v) is 20.8. The molecule has 1 saturated heterocycles. The van der Waals surface area contributed by atoms with Crippen molar-refractivity contribution in [3.05, 3.63) is 40.5 Å². The number of rotatable bonds is 7. The molecule has 0 spiro atoms. The maximum atomic E-state index is 13.2. The lowest BCUT2D eigenvalue weighted by molar-refractivity contribution is 0.00677. The molecule has 2 aliphatic rings. The number of hydrogen-bond acceptors (Lipinski definition) is 10. The minimum Gasteiger partial charge on any atom is -0.408 e. The number of aromatic nitrogens is 3. The first-order valence-electron chi connectivity index (χ1n) is 12.1. The number of amides is 2. The first kappa shape index (κ1) is 24.7. The molecule has 0 bridgehead atoms. The fraction of sp³-hybridized carbons (Fsp3) is 0.458. The third kappa shape index (κ3) is 4.87. The van der Waals surface area contributed by atoms with Crippen LogP contribution in [0.15, 0.2) is 33.7 Å².